The van der Waals surface area contributed by atoms with Crippen LogP contribution in [0.25, 0.3) is 11.5 Å². The minimum Gasteiger partial charge on any atom is -0.372 e. The summed E-state index contributed by atoms with van der Waals surface area (Å²) in [6.07, 6.45) is 6.05. The Morgan fingerprint density at radius 1 is 1.24 bits per heavy atom. The molecule has 1 N–H and O–H groups in total. The molecule has 0 bridgehead atoms. The van der Waals surface area contributed by atoms with Gasteiger partial charge in [0.15, 0.2) is 5.82 Å². The number of hydrogen-bond donors (Lipinski definition) is 1. The number of nitrogens with zero attached hydrogens (tertiary/aromatic N) is 3. The Kier molecular flexibility index (Phi) is 4.32. The lowest BCUT2D eigenvalue weighted by molar-refractivity contribution is 0.621. The first-order valence-corrected chi connectivity index (χ1v) is 8.14. The van der Waals surface area contributed by atoms with Crippen molar-refractivity contribution in [2.24, 2.45) is 0 Å². The van der Waals surface area contributed by atoms with Gasteiger partial charge in [0.1, 0.15) is 17.3 Å². The molecule has 0 unspecified atom stereocenters. The Bertz CT molecular complexity index is 639. The van der Waals surface area contributed by atoms with Crippen LogP contribution in [0.4, 0.5) is 10.2 Å². The van der Waals surface area contributed by atoms with E-state index in [1.165, 1.54) is 37.9 Å². The van der Waals surface area contributed by atoms with Crippen LogP contribution < -0.4 is 5.32 Å². The minimum absolute atomic E-state index is 0.353. The molecule has 21 heavy (non-hydrogen) atoms. The van der Waals surface area contributed by atoms with Crippen molar-refractivity contribution >= 4 is 28.4 Å². The van der Waals surface area contributed by atoms with Crippen molar-refractivity contribution in [2.45, 2.75) is 31.6 Å². The number of anilines is 1. The monoisotopic (exact) mass is 398 g/mol. The van der Waals surface area contributed by atoms with Crippen LogP contribution in [0.2, 0.25) is 0 Å². The maximum Gasteiger partial charge on any atom is 0.180 e. The highest BCUT2D eigenvalue weighted by atomic mass is 127. The van der Waals surface area contributed by atoms with Crippen LogP contribution in [0, 0.1) is 9.39 Å². The van der Waals surface area contributed by atoms with Crippen LogP contribution in [0.5, 0.6) is 0 Å². The predicted octanol–water partition coefficient (Wildman–Crippen LogP) is 3.98. The molecule has 0 amide bonds. The maximum absolute atomic E-state index is 13.0. The molecule has 2 aromatic heterocycles. The van der Waals surface area contributed by atoms with E-state index in [0.717, 1.165) is 15.1 Å². The van der Waals surface area contributed by atoms with Crippen LogP contribution in [0.15, 0.2) is 18.3 Å². The molecule has 1 aliphatic carbocycles. The van der Waals surface area contributed by atoms with Gasteiger partial charge >= 0.3 is 0 Å². The molecule has 1 aliphatic rings. The number of hydrogen-bond acceptors (Lipinski definition) is 4. The number of aromatic nitrogens is 3. The minimum atomic E-state index is -0.353. The average molecular weight is 398 g/mol. The SMILES string of the molecule is CNc1nc(-c2ccc(F)cn2)nc(C2CCCC2)c1I. The second-order valence-corrected chi connectivity index (χ2v) is 6.27. The molecule has 2 aromatic rings. The molecule has 0 aromatic carbocycles. The van der Waals surface area contributed by atoms with E-state index in [2.05, 4.69) is 37.9 Å². The average Bonchev–Trinajstić information content (AvgIpc) is 3.02. The van der Waals surface area contributed by atoms with E-state index in [1.54, 1.807) is 6.07 Å². The Balaban J connectivity index is 2.08. The Hall–Kier alpha value is -1.31. The van der Waals surface area contributed by atoms with Crippen LogP contribution in [0.1, 0.15) is 37.3 Å². The molecule has 0 spiro atoms. The van der Waals surface area contributed by atoms with Gasteiger partial charge in [-0.3, -0.25) is 0 Å². The number of pyridine rings is 1. The van der Waals surface area contributed by atoms with E-state index < -0.39 is 0 Å². The van der Waals surface area contributed by atoms with Gasteiger partial charge in [-0.05, 0) is 47.6 Å². The van der Waals surface area contributed by atoms with E-state index in [9.17, 15) is 4.39 Å². The highest BCUT2D eigenvalue weighted by Crippen LogP contribution is 2.37. The van der Waals surface area contributed by atoms with Crippen LogP contribution in [-0.2, 0) is 0 Å². The van der Waals surface area contributed by atoms with Crippen molar-refractivity contribution in [3.63, 3.8) is 0 Å². The first kappa shape index (κ1) is 14.6. The molecule has 2 heterocycles. The largest absolute Gasteiger partial charge is 0.372 e. The van der Waals surface area contributed by atoms with Gasteiger partial charge in [-0.15, -0.1) is 0 Å². The van der Waals surface area contributed by atoms with Crippen molar-refractivity contribution < 1.29 is 4.39 Å². The Morgan fingerprint density at radius 3 is 2.62 bits per heavy atom. The standard InChI is InChI=1S/C15H16FIN4/c1-18-15-12(17)13(9-4-2-3-5-9)20-14(21-15)11-7-6-10(16)8-19-11/h6-9H,2-5H2,1H3,(H,18,20,21). The van der Waals surface area contributed by atoms with E-state index in [-0.39, 0.29) is 5.82 Å². The first-order valence-electron chi connectivity index (χ1n) is 7.06. The zero-order chi connectivity index (χ0) is 14.8. The summed E-state index contributed by atoms with van der Waals surface area (Å²) in [5.74, 6) is 1.51. The van der Waals surface area contributed by atoms with E-state index in [4.69, 9.17) is 4.98 Å². The second-order valence-electron chi connectivity index (χ2n) is 5.19. The third-order valence-electron chi connectivity index (χ3n) is 3.81. The highest BCUT2D eigenvalue weighted by molar-refractivity contribution is 14.1. The summed E-state index contributed by atoms with van der Waals surface area (Å²) in [6.45, 7) is 0. The summed E-state index contributed by atoms with van der Waals surface area (Å²) in [5, 5.41) is 3.12. The van der Waals surface area contributed by atoms with Crippen molar-refractivity contribution in [1.82, 2.24) is 15.0 Å². The molecule has 4 nitrogen and oxygen atoms in total. The lowest BCUT2D eigenvalue weighted by Gasteiger charge is -2.15. The molecule has 110 valence electrons. The van der Waals surface area contributed by atoms with E-state index in [0.29, 0.717) is 17.4 Å². The van der Waals surface area contributed by atoms with Gasteiger partial charge in [0, 0.05) is 13.0 Å². The topological polar surface area (TPSA) is 50.7 Å². The molecule has 6 heteroatoms. The molecule has 1 saturated carbocycles. The van der Waals surface area contributed by atoms with Crippen molar-refractivity contribution in [2.75, 3.05) is 12.4 Å². The van der Waals surface area contributed by atoms with Crippen molar-refractivity contribution in [3.05, 3.63) is 33.4 Å². The molecular weight excluding hydrogens is 382 g/mol. The third kappa shape index (κ3) is 3.00. The van der Waals surface area contributed by atoms with Gasteiger partial charge in [-0.25, -0.2) is 19.3 Å². The highest BCUT2D eigenvalue weighted by Gasteiger charge is 2.24. The predicted molar refractivity (Wildman–Crippen MR) is 88.7 cm³/mol. The summed E-state index contributed by atoms with van der Waals surface area (Å²) in [6, 6.07) is 3.01. The second kappa shape index (κ2) is 6.21. The van der Waals surface area contributed by atoms with Crippen LogP contribution in [-0.4, -0.2) is 22.0 Å². The number of halogens is 2. The first-order chi connectivity index (χ1) is 10.2. The van der Waals surface area contributed by atoms with Gasteiger partial charge in [-0.1, -0.05) is 12.8 Å². The molecule has 3 rings (SSSR count). The lowest BCUT2D eigenvalue weighted by atomic mass is 10.0. The van der Waals surface area contributed by atoms with Gasteiger partial charge in [-0.2, -0.15) is 0 Å². The molecule has 0 aliphatic heterocycles. The molecule has 0 saturated heterocycles. The summed E-state index contributed by atoms with van der Waals surface area (Å²) in [5.41, 5.74) is 1.69. The van der Waals surface area contributed by atoms with Crippen molar-refractivity contribution in [3.8, 4) is 11.5 Å². The zero-order valence-corrected chi connectivity index (χ0v) is 13.9. The van der Waals surface area contributed by atoms with E-state index >= 15 is 0 Å². The number of nitrogens with one attached hydrogen (secondary N) is 1. The summed E-state index contributed by atoms with van der Waals surface area (Å²) in [7, 11) is 1.85. The summed E-state index contributed by atoms with van der Waals surface area (Å²) >= 11 is 2.30. The zero-order valence-electron chi connectivity index (χ0n) is 11.7. The van der Waals surface area contributed by atoms with Gasteiger partial charge < -0.3 is 5.32 Å². The molecule has 0 atom stereocenters. The maximum atomic E-state index is 13.0. The number of rotatable bonds is 3. The fourth-order valence-electron chi connectivity index (χ4n) is 2.72. The summed E-state index contributed by atoms with van der Waals surface area (Å²) in [4.78, 5) is 13.3. The normalized spacial score (nSPS) is 15.4. The van der Waals surface area contributed by atoms with Crippen LogP contribution in [0.3, 0.4) is 0 Å². The molecule has 1 fully saturated rings. The smallest absolute Gasteiger partial charge is 0.180 e. The fourth-order valence-corrected chi connectivity index (χ4v) is 3.67. The van der Waals surface area contributed by atoms with Gasteiger partial charge in [0.25, 0.3) is 0 Å². The molecule has 0 radical (unpaired) electrons. The Morgan fingerprint density at radius 2 is 2.00 bits per heavy atom. The third-order valence-corrected chi connectivity index (χ3v) is 4.88. The fraction of sp³-hybridized carbons (Fsp3) is 0.400. The van der Waals surface area contributed by atoms with Crippen molar-refractivity contribution in [1.29, 1.82) is 0 Å². The quantitative estimate of drug-likeness (QED) is 0.795. The Labute approximate surface area is 136 Å². The summed E-state index contributed by atoms with van der Waals surface area (Å²) < 4.78 is 14.1. The van der Waals surface area contributed by atoms with E-state index in [1.807, 2.05) is 7.05 Å². The van der Waals surface area contributed by atoms with Gasteiger partial charge in [0.2, 0.25) is 0 Å². The van der Waals surface area contributed by atoms with Gasteiger partial charge in [0.05, 0.1) is 15.5 Å². The molecular formula is C15H16FIN4. The lowest BCUT2D eigenvalue weighted by Crippen LogP contribution is -2.08. The van der Waals surface area contributed by atoms with Crippen LogP contribution >= 0.6 is 22.6 Å².